The van der Waals surface area contributed by atoms with E-state index in [1.54, 1.807) is 32.3 Å². The molecule has 8 nitrogen and oxygen atoms in total. The van der Waals surface area contributed by atoms with E-state index < -0.39 is 5.97 Å². The van der Waals surface area contributed by atoms with Crippen molar-refractivity contribution >= 4 is 33.7 Å². The van der Waals surface area contributed by atoms with Gasteiger partial charge in [-0.25, -0.2) is 4.39 Å². The molecule has 1 aliphatic heterocycles. The number of fused-ring (bicyclic) bond motifs is 2. The largest absolute Gasteiger partial charge is 0.480 e. The van der Waals surface area contributed by atoms with Gasteiger partial charge in [-0.2, -0.15) is 10.2 Å². The minimum absolute atomic E-state index is 0.0435. The second-order valence-corrected chi connectivity index (χ2v) is 8.55. The Morgan fingerprint density at radius 1 is 1.15 bits per heavy atom. The number of rotatable bonds is 4. The smallest absolute Gasteiger partial charge is 0.325 e. The van der Waals surface area contributed by atoms with E-state index in [4.69, 9.17) is 5.10 Å². The molecule has 0 unspecified atom stereocenters. The molecule has 1 aliphatic rings. The van der Waals surface area contributed by atoms with Crippen LogP contribution in [0.5, 0.6) is 0 Å². The van der Waals surface area contributed by atoms with Gasteiger partial charge in [0.05, 0.1) is 17.4 Å². The lowest BCUT2D eigenvalue weighted by molar-refractivity contribution is -0.137. The summed E-state index contributed by atoms with van der Waals surface area (Å²) >= 11 is 0. The van der Waals surface area contributed by atoms with Crippen LogP contribution in [0.4, 0.5) is 4.39 Å². The van der Waals surface area contributed by atoms with E-state index in [2.05, 4.69) is 5.10 Å². The van der Waals surface area contributed by atoms with Crippen LogP contribution in [0.25, 0.3) is 32.9 Å². The lowest BCUT2D eigenvalue weighted by Crippen LogP contribution is -2.36. The quantitative estimate of drug-likeness (QED) is 0.514. The fraction of sp³-hybridized carbons (Fsp3) is 0.333. The lowest BCUT2D eigenvalue weighted by Gasteiger charge is -2.30. The summed E-state index contributed by atoms with van der Waals surface area (Å²) in [6, 6.07) is 9.05. The predicted molar refractivity (Wildman–Crippen MR) is 121 cm³/mol. The number of carbonyl (C=O) groups excluding carboxylic acids is 1. The summed E-state index contributed by atoms with van der Waals surface area (Å²) in [4.78, 5) is 25.1. The first-order valence-electron chi connectivity index (χ1n) is 10.9. The summed E-state index contributed by atoms with van der Waals surface area (Å²) in [5.41, 5.74) is 2.93. The van der Waals surface area contributed by atoms with Gasteiger partial charge in [0.15, 0.2) is 5.82 Å². The maximum atomic E-state index is 15.7. The van der Waals surface area contributed by atoms with Crippen LogP contribution in [0.1, 0.15) is 31.4 Å². The van der Waals surface area contributed by atoms with Crippen molar-refractivity contribution < 1.29 is 19.1 Å². The number of aromatic nitrogens is 4. The van der Waals surface area contributed by atoms with Crippen molar-refractivity contribution in [3.8, 4) is 11.1 Å². The first-order valence-corrected chi connectivity index (χ1v) is 10.9. The fourth-order valence-electron chi connectivity index (χ4n) is 4.91. The van der Waals surface area contributed by atoms with Crippen molar-refractivity contribution in [2.75, 3.05) is 13.1 Å². The highest BCUT2D eigenvalue weighted by atomic mass is 19.1. The molecule has 0 saturated carbocycles. The Bertz CT molecular complexity index is 1400. The fourth-order valence-corrected chi connectivity index (χ4v) is 4.91. The molecule has 4 aromatic rings. The van der Waals surface area contributed by atoms with Crippen molar-refractivity contribution in [3.05, 3.63) is 48.0 Å². The number of hydrogen-bond donors (Lipinski definition) is 1. The third-order valence-corrected chi connectivity index (χ3v) is 6.55. The number of halogens is 1. The van der Waals surface area contributed by atoms with Crippen LogP contribution in [-0.4, -0.2) is 54.5 Å². The monoisotopic (exact) mass is 449 g/mol. The number of nitrogens with zero attached hydrogens (tertiary/aromatic N) is 5. The average molecular weight is 449 g/mol. The average Bonchev–Trinajstić information content (AvgIpc) is 3.35. The Morgan fingerprint density at radius 2 is 1.91 bits per heavy atom. The molecule has 33 heavy (non-hydrogen) atoms. The van der Waals surface area contributed by atoms with E-state index in [0.717, 1.165) is 23.9 Å². The van der Waals surface area contributed by atoms with Crippen molar-refractivity contribution in [1.82, 2.24) is 24.5 Å². The van der Waals surface area contributed by atoms with E-state index in [0.29, 0.717) is 40.6 Å². The van der Waals surface area contributed by atoms with Gasteiger partial charge >= 0.3 is 5.97 Å². The molecule has 2 aromatic heterocycles. The third-order valence-electron chi connectivity index (χ3n) is 6.55. The Kier molecular flexibility index (Phi) is 5.11. The minimum atomic E-state index is -0.995. The number of carboxylic acid groups (broad SMARTS) is 1. The van der Waals surface area contributed by atoms with Crippen LogP contribution in [0.3, 0.4) is 0 Å². The molecule has 0 radical (unpaired) electrons. The number of benzene rings is 2. The second-order valence-electron chi connectivity index (χ2n) is 8.55. The maximum absolute atomic E-state index is 15.7. The summed E-state index contributed by atoms with van der Waals surface area (Å²) in [5.74, 6) is -1.28. The van der Waals surface area contributed by atoms with E-state index in [9.17, 15) is 14.7 Å². The van der Waals surface area contributed by atoms with Crippen molar-refractivity contribution in [1.29, 1.82) is 0 Å². The second kappa shape index (κ2) is 7.99. The number of piperidine rings is 1. The van der Waals surface area contributed by atoms with Crippen LogP contribution in [0.15, 0.2) is 36.5 Å². The highest BCUT2D eigenvalue weighted by Crippen LogP contribution is 2.39. The first kappa shape index (κ1) is 21.1. The number of carboxylic acids is 1. The predicted octanol–water partition coefficient (Wildman–Crippen LogP) is 3.54. The summed E-state index contributed by atoms with van der Waals surface area (Å²) < 4.78 is 18.7. The Hall–Kier alpha value is -3.75. The molecule has 2 aromatic carbocycles. The van der Waals surface area contributed by atoms with Gasteiger partial charge in [0.1, 0.15) is 12.1 Å². The Balaban J connectivity index is 1.70. The maximum Gasteiger partial charge on any atom is 0.325 e. The van der Waals surface area contributed by atoms with Crippen LogP contribution in [-0.2, 0) is 23.2 Å². The van der Waals surface area contributed by atoms with E-state index >= 15 is 4.39 Å². The SMILES string of the molecule is CC(=O)N1CCC(c2nn(CC(=O)O)c3cccc(-c4ccc5cnn(C)c5c4F)c23)CC1. The normalized spacial score (nSPS) is 14.9. The van der Waals surface area contributed by atoms with Gasteiger partial charge in [0.25, 0.3) is 0 Å². The molecule has 1 saturated heterocycles. The number of hydrogen-bond acceptors (Lipinski definition) is 4. The minimum Gasteiger partial charge on any atom is -0.480 e. The van der Waals surface area contributed by atoms with Crippen molar-refractivity contribution in [2.45, 2.75) is 32.2 Å². The van der Waals surface area contributed by atoms with Gasteiger partial charge in [-0.05, 0) is 24.5 Å². The zero-order valence-corrected chi connectivity index (χ0v) is 18.5. The molecule has 5 rings (SSSR count). The molecule has 170 valence electrons. The van der Waals surface area contributed by atoms with E-state index in [1.165, 1.54) is 9.36 Å². The zero-order chi connectivity index (χ0) is 23.3. The molecule has 0 spiro atoms. The first-order chi connectivity index (χ1) is 15.8. The number of likely N-dealkylation sites (tertiary alicyclic amines) is 1. The molecule has 0 atom stereocenters. The molecule has 1 amide bonds. The summed E-state index contributed by atoms with van der Waals surface area (Å²) in [6.45, 7) is 2.51. The molecule has 1 fully saturated rings. The van der Waals surface area contributed by atoms with Gasteiger partial charge < -0.3 is 10.0 Å². The lowest BCUT2D eigenvalue weighted by atomic mass is 9.89. The summed E-state index contributed by atoms with van der Waals surface area (Å²) in [6.07, 6.45) is 3.06. The van der Waals surface area contributed by atoms with Crippen LogP contribution in [0.2, 0.25) is 0 Å². The highest BCUT2D eigenvalue weighted by molar-refractivity contribution is 5.99. The number of carbonyl (C=O) groups is 2. The van der Waals surface area contributed by atoms with Crippen LogP contribution in [0, 0.1) is 5.82 Å². The van der Waals surface area contributed by atoms with Crippen molar-refractivity contribution in [3.63, 3.8) is 0 Å². The number of aryl methyl sites for hydroxylation is 1. The molecule has 0 aliphatic carbocycles. The summed E-state index contributed by atoms with van der Waals surface area (Å²) in [7, 11) is 1.70. The molecular weight excluding hydrogens is 425 g/mol. The molecule has 0 bridgehead atoms. The third kappa shape index (κ3) is 3.53. The topological polar surface area (TPSA) is 93.2 Å². The van der Waals surface area contributed by atoms with Gasteiger partial charge in [0, 0.05) is 49.3 Å². The van der Waals surface area contributed by atoms with Gasteiger partial charge in [-0.3, -0.25) is 19.0 Å². The summed E-state index contributed by atoms with van der Waals surface area (Å²) in [5, 5.41) is 19.8. The highest BCUT2D eigenvalue weighted by Gasteiger charge is 2.28. The molecule has 3 heterocycles. The van der Waals surface area contributed by atoms with Crippen LogP contribution < -0.4 is 0 Å². The van der Waals surface area contributed by atoms with Gasteiger partial charge in [-0.1, -0.05) is 24.3 Å². The van der Waals surface area contributed by atoms with Gasteiger partial charge in [-0.15, -0.1) is 0 Å². The number of aliphatic carboxylic acids is 1. The Labute approximate surface area is 189 Å². The number of amides is 1. The van der Waals surface area contributed by atoms with Crippen LogP contribution >= 0.6 is 0 Å². The zero-order valence-electron chi connectivity index (χ0n) is 18.5. The molecule has 1 N–H and O–H groups in total. The molecule has 9 heteroatoms. The Morgan fingerprint density at radius 3 is 2.61 bits per heavy atom. The standard InChI is InChI=1S/C24H24FN5O3/c1-14(31)29-10-8-15(9-11-29)23-21-17(4-3-5-19(21)30(27-23)13-20(32)33)18-7-6-16-12-26-28(2)24(16)22(18)25/h3-7,12,15H,8-11,13H2,1-2H3,(H,32,33). The van der Waals surface area contributed by atoms with E-state index in [-0.39, 0.29) is 24.2 Å². The van der Waals surface area contributed by atoms with Gasteiger partial charge in [0.2, 0.25) is 5.91 Å². The van der Waals surface area contributed by atoms with E-state index in [1.807, 2.05) is 23.1 Å². The molecular formula is C24H24FN5O3. The van der Waals surface area contributed by atoms with Crippen molar-refractivity contribution in [2.24, 2.45) is 7.05 Å².